The summed E-state index contributed by atoms with van der Waals surface area (Å²) in [5.74, 6) is 7.62. The second kappa shape index (κ2) is 9.93. The molecule has 0 unspecified atom stereocenters. The maximum Gasteiger partial charge on any atom is 3.00 e. The van der Waals surface area contributed by atoms with Crippen molar-refractivity contribution in [2.24, 2.45) is 11.8 Å². The molecule has 0 spiro atoms. The van der Waals surface area contributed by atoms with E-state index in [4.69, 9.17) is 15.9 Å². The first-order chi connectivity index (χ1) is 16.3. The van der Waals surface area contributed by atoms with E-state index in [9.17, 15) is 0 Å². The number of hydrogen-bond donors (Lipinski definition) is 0. The van der Waals surface area contributed by atoms with Gasteiger partial charge in [-0.15, -0.1) is 5.56 Å². The first kappa shape index (κ1) is 25.7. The van der Waals surface area contributed by atoms with Gasteiger partial charge >= 0.3 is 25.8 Å². The molecular formula is C31H28O2SSc+3. The topological polar surface area (TPSA) is 18.5 Å². The van der Waals surface area contributed by atoms with Crippen LogP contribution in [0.25, 0.3) is 32.3 Å². The molecule has 0 aliphatic carbocycles. The molecule has 0 amide bonds. The normalized spacial score (nSPS) is 13.7. The molecule has 0 N–H and O–H groups in total. The van der Waals surface area contributed by atoms with Gasteiger partial charge in [0.2, 0.25) is 0 Å². The zero-order chi connectivity index (χ0) is 24.0. The van der Waals surface area contributed by atoms with Gasteiger partial charge in [0, 0.05) is 31.0 Å². The zero-order valence-electron chi connectivity index (χ0n) is 20.6. The first-order valence-corrected chi connectivity index (χ1v) is 12.3. The molecule has 1 heterocycles. The van der Waals surface area contributed by atoms with Crippen LogP contribution in [0.15, 0.2) is 48.5 Å². The summed E-state index contributed by atoms with van der Waals surface area (Å²) in [6.45, 7) is 8.77. The maximum atomic E-state index is 8.18. The second-order valence-corrected chi connectivity index (χ2v) is 10.3. The zero-order valence-corrected chi connectivity index (χ0v) is 23.4. The van der Waals surface area contributed by atoms with Gasteiger partial charge in [0.25, 0.3) is 5.79 Å². The van der Waals surface area contributed by atoms with Crippen molar-refractivity contribution in [3.63, 3.8) is 0 Å². The second-order valence-electron chi connectivity index (χ2n) is 10.0. The van der Waals surface area contributed by atoms with Gasteiger partial charge in [0.15, 0.2) is 16.8 Å². The van der Waals surface area contributed by atoms with Crippen molar-refractivity contribution in [3.8, 4) is 28.6 Å². The molecule has 0 bridgehead atoms. The minimum absolute atomic E-state index is 0. The van der Waals surface area contributed by atoms with E-state index in [0.29, 0.717) is 11.8 Å². The molecule has 4 aromatic rings. The Hall–Kier alpha value is -2.40. The van der Waals surface area contributed by atoms with E-state index < -0.39 is 5.79 Å². The minimum atomic E-state index is -0.675. The van der Waals surface area contributed by atoms with Crippen molar-refractivity contribution in [1.82, 2.24) is 0 Å². The smallest absolute Gasteiger partial charge is 0.448 e. The summed E-state index contributed by atoms with van der Waals surface area (Å²) >= 11 is 3.36. The number of benzene rings is 4. The van der Waals surface area contributed by atoms with Gasteiger partial charge in [-0.3, -0.25) is 5.92 Å². The molecule has 4 aromatic carbocycles. The van der Waals surface area contributed by atoms with E-state index in [2.05, 4.69) is 81.7 Å². The molecule has 4 heteroatoms. The van der Waals surface area contributed by atoms with Crippen molar-refractivity contribution >= 4 is 44.9 Å². The van der Waals surface area contributed by atoms with Gasteiger partial charge in [-0.05, 0) is 57.5 Å². The molecule has 1 aliphatic rings. The fraction of sp³-hybridized carbons (Fsp3) is 0.290. The summed E-state index contributed by atoms with van der Waals surface area (Å²) in [7, 11) is 0. The van der Waals surface area contributed by atoms with Crippen molar-refractivity contribution < 1.29 is 35.3 Å². The number of hydrogen-bond acceptors (Lipinski definition) is 2. The van der Waals surface area contributed by atoms with Gasteiger partial charge in [-0.2, -0.15) is 0 Å². The predicted octanol–water partition coefficient (Wildman–Crippen LogP) is 6.96. The van der Waals surface area contributed by atoms with Crippen LogP contribution in [-0.2, 0) is 38.5 Å². The van der Waals surface area contributed by atoms with Crippen LogP contribution in [0.1, 0.15) is 51.7 Å². The van der Waals surface area contributed by atoms with Crippen LogP contribution in [0, 0.1) is 35.4 Å². The van der Waals surface area contributed by atoms with E-state index in [-0.39, 0.29) is 25.8 Å². The average molecular weight is 510 g/mol. The molecule has 5 rings (SSSR count). The van der Waals surface area contributed by atoms with Gasteiger partial charge in [0.1, 0.15) is 0 Å². The third kappa shape index (κ3) is 4.60. The Kier molecular flexibility index (Phi) is 7.28. The van der Waals surface area contributed by atoms with Crippen LogP contribution in [-0.4, -0.2) is 5.79 Å². The number of ether oxygens (including phenoxy) is 2. The monoisotopic (exact) mass is 509 g/mol. The molecule has 2 nitrogen and oxygen atoms in total. The largest absolute Gasteiger partial charge is 3.00 e. The Morgan fingerprint density at radius 1 is 0.800 bits per heavy atom. The maximum absolute atomic E-state index is 8.18. The van der Waals surface area contributed by atoms with Crippen LogP contribution in [0.5, 0.6) is 11.5 Å². The standard InChI is InChI=1S/C31H27O2S.Sc/c1-6-23-25-13-21-9-7-8-10-22(21)14-26(25)24(11-12-34)28-16-30-29(15-27(23)28)32-31(33-30,17-19(2)3)18-20(4)5;/h7-10,13-16,19-20,34H,17-18H2,2-5H3;/q-1;+3/p+1. The third-order valence-electron chi connectivity index (χ3n) is 6.39. The summed E-state index contributed by atoms with van der Waals surface area (Å²) in [6, 6.07) is 16.6. The quantitative estimate of drug-likeness (QED) is 0.128. The summed E-state index contributed by atoms with van der Waals surface area (Å²) in [4.78, 5) is 0. The molecule has 1 aliphatic heterocycles. The average Bonchev–Trinajstić information content (AvgIpc) is 3.11. The minimum Gasteiger partial charge on any atom is -0.448 e. The van der Waals surface area contributed by atoms with Crippen LogP contribution in [0.4, 0.5) is 0 Å². The van der Waals surface area contributed by atoms with Crippen LogP contribution in [0.2, 0.25) is 0 Å². The number of fused-ring (bicyclic) bond motifs is 4. The molecule has 0 radical (unpaired) electrons. The molecule has 0 fully saturated rings. The molecule has 35 heavy (non-hydrogen) atoms. The SMILES string of the molecule is [C-]#Cc1c2cc3c(cc2c(C#C[SH2+])c2cc4ccccc4cc12)OC(CC(C)C)(CC(C)C)O3.[Sc+3]. The van der Waals surface area contributed by atoms with E-state index >= 15 is 0 Å². The summed E-state index contributed by atoms with van der Waals surface area (Å²) < 4.78 is 13.1. The fourth-order valence-electron chi connectivity index (χ4n) is 5.32. The first-order valence-electron chi connectivity index (χ1n) is 11.8. The van der Waals surface area contributed by atoms with Crippen LogP contribution in [0.3, 0.4) is 0 Å². The molecule has 170 valence electrons. The van der Waals surface area contributed by atoms with Crippen LogP contribution >= 0.6 is 0 Å². The van der Waals surface area contributed by atoms with Gasteiger partial charge in [-0.1, -0.05) is 68.8 Å². The van der Waals surface area contributed by atoms with Gasteiger partial charge in [0.05, 0.1) is 0 Å². The molecule has 0 saturated heterocycles. The Balaban J connectivity index is 0.00000289. The van der Waals surface area contributed by atoms with E-state index in [0.717, 1.165) is 67.8 Å². The Bertz CT molecular complexity index is 1540. The van der Waals surface area contributed by atoms with E-state index in [1.807, 2.05) is 24.3 Å². The number of rotatable bonds is 4. The van der Waals surface area contributed by atoms with Crippen molar-refractivity contribution in [3.05, 3.63) is 66.1 Å². The molecule has 0 atom stereocenters. The van der Waals surface area contributed by atoms with Gasteiger partial charge < -0.3 is 15.9 Å². The molecule has 0 aromatic heterocycles. The Morgan fingerprint density at radius 2 is 1.26 bits per heavy atom. The summed E-state index contributed by atoms with van der Waals surface area (Å²) in [5, 5.41) is 8.96. The van der Waals surface area contributed by atoms with Crippen molar-refractivity contribution in [2.75, 3.05) is 0 Å². The molecule has 0 saturated carbocycles. The van der Waals surface area contributed by atoms with Crippen molar-refractivity contribution in [2.45, 2.75) is 46.3 Å². The van der Waals surface area contributed by atoms with E-state index in [1.165, 1.54) is 0 Å². The predicted molar refractivity (Wildman–Crippen MR) is 145 cm³/mol. The van der Waals surface area contributed by atoms with Crippen LogP contribution < -0.4 is 9.47 Å². The molecular weight excluding hydrogens is 481 g/mol. The fourth-order valence-corrected chi connectivity index (χ4v) is 5.45. The third-order valence-corrected chi connectivity index (χ3v) is 6.52. The summed E-state index contributed by atoms with van der Waals surface area (Å²) in [6.07, 6.45) is 9.79. The van der Waals surface area contributed by atoms with E-state index in [1.54, 1.807) is 0 Å². The summed E-state index contributed by atoms with van der Waals surface area (Å²) in [5.41, 5.74) is 1.65. The van der Waals surface area contributed by atoms with Crippen molar-refractivity contribution in [1.29, 1.82) is 0 Å². The Labute approximate surface area is 232 Å². The van der Waals surface area contributed by atoms with Gasteiger partial charge in [-0.25, -0.2) is 0 Å². The Morgan fingerprint density at radius 3 is 1.71 bits per heavy atom.